The first-order valence-corrected chi connectivity index (χ1v) is 6.19. The Morgan fingerprint density at radius 3 is 2.82 bits per heavy atom. The minimum absolute atomic E-state index is 0.00771. The van der Waals surface area contributed by atoms with Gasteiger partial charge in [-0.3, -0.25) is 4.79 Å². The zero-order valence-electron chi connectivity index (χ0n) is 9.47. The predicted octanol–water partition coefficient (Wildman–Crippen LogP) is 3.62. The lowest BCUT2D eigenvalue weighted by Gasteiger charge is -2.07. The summed E-state index contributed by atoms with van der Waals surface area (Å²) in [6.07, 6.45) is 1.58. The van der Waals surface area contributed by atoms with Gasteiger partial charge in [0, 0.05) is 16.9 Å². The van der Waals surface area contributed by atoms with Crippen LogP contribution in [0.5, 0.6) is 0 Å². The Balaban J connectivity index is 2.47. The highest BCUT2D eigenvalue weighted by Gasteiger charge is 2.11. The summed E-state index contributed by atoms with van der Waals surface area (Å²) in [7, 11) is 0. The lowest BCUT2D eigenvalue weighted by atomic mass is 10.2. The topological polar surface area (TPSA) is 29.1 Å². The maximum absolute atomic E-state index is 13.4. The number of halogens is 3. The zero-order chi connectivity index (χ0) is 12.8. The van der Waals surface area contributed by atoms with E-state index in [0.717, 1.165) is 18.9 Å². The number of nitrogens with one attached hydrogen (secondary N) is 1. The Kier molecular flexibility index (Phi) is 5.72. The SMILES string of the molecule is CC(Cl)CCCNC(=O)c1ccc(Cl)cc1F. The van der Waals surface area contributed by atoms with Gasteiger partial charge in [-0.25, -0.2) is 4.39 Å². The summed E-state index contributed by atoms with van der Waals surface area (Å²) in [5, 5.41) is 2.99. The lowest BCUT2D eigenvalue weighted by Crippen LogP contribution is -2.25. The van der Waals surface area contributed by atoms with Crippen molar-refractivity contribution >= 4 is 29.1 Å². The highest BCUT2D eigenvalue weighted by Crippen LogP contribution is 2.14. The molecule has 0 fully saturated rings. The molecule has 0 heterocycles. The van der Waals surface area contributed by atoms with Crippen LogP contribution in [0.4, 0.5) is 4.39 Å². The van der Waals surface area contributed by atoms with Crippen molar-refractivity contribution in [1.29, 1.82) is 0 Å². The maximum Gasteiger partial charge on any atom is 0.254 e. The summed E-state index contributed by atoms with van der Waals surface area (Å²) >= 11 is 11.4. The third-order valence-electron chi connectivity index (χ3n) is 2.24. The van der Waals surface area contributed by atoms with Crippen LogP contribution in [0.1, 0.15) is 30.1 Å². The molecule has 17 heavy (non-hydrogen) atoms. The summed E-state index contributed by atoms with van der Waals surface area (Å²) in [5.41, 5.74) is 0.00771. The Morgan fingerprint density at radius 1 is 1.53 bits per heavy atom. The van der Waals surface area contributed by atoms with Crippen LogP contribution in [0, 0.1) is 5.82 Å². The first-order chi connectivity index (χ1) is 8.00. The van der Waals surface area contributed by atoms with Crippen LogP contribution in [0.15, 0.2) is 18.2 Å². The highest BCUT2D eigenvalue weighted by molar-refractivity contribution is 6.30. The van der Waals surface area contributed by atoms with Crippen molar-refractivity contribution in [3.63, 3.8) is 0 Å². The monoisotopic (exact) mass is 277 g/mol. The third kappa shape index (κ3) is 4.92. The van der Waals surface area contributed by atoms with Crippen molar-refractivity contribution in [2.45, 2.75) is 25.1 Å². The molecule has 0 aliphatic rings. The van der Waals surface area contributed by atoms with E-state index in [1.165, 1.54) is 12.1 Å². The van der Waals surface area contributed by atoms with Gasteiger partial charge in [0.2, 0.25) is 0 Å². The van der Waals surface area contributed by atoms with E-state index in [4.69, 9.17) is 23.2 Å². The minimum atomic E-state index is -0.610. The number of carbonyl (C=O) groups is 1. The Morgan fingerprint density at radius 2 is 2.24 bits per heavy atom. The normalized spacial score (nSPS) is 12.2. The summed E-state index contributed by atoms with van der Waals surface area (Å²) < 4.78 is 13.4. The van der Waals surface area contributed by atoms with Crippen molar-refractivity contribution in [2.75, 3.05) is 6.54 Å². The van der Waals surface area contributed by atoms with Crippen molar-refractivity contribution in [1.82, 2.24) is 5.32 Å². The van der Waals surface area contributed by atoms with E-state index >= 15 is 0 Å². The molecule has 0 saturated heterocycles. The molecule has 1 aromatic rings. The van der Waals surface area contributed by atoms with E-state index in [0.29, 0.717) is 6.54 Å². The fourth-order valence-corrected chi connectivity index (χ4v) is 1.67. The van der Waals surface area contributed by atoms with E-state index in [-0.39, 0.29) is 16.0 Å². The molecule has 0 aliphatic heterocycles. The van der Waals surface area contributed by atoms with Crippen molar-refractivity contribution in [3.05, 3.63) is 34.6 Å². The molecular formula is C12H14Cl2FNO. The van der Waals surface area contributed by atoms with Crippen LogP contribution in [0.25, 0.3) is 0 Å². The fraction of sp³-hybridized carbons (Fsp3) is 0.417. The number of alkyl halides is 1. The summed E-state index contributed by atoms with van der Waals surface area (Å²) in [5.74, 6) is -1.04. The van der Waals surface area contributed by atoms with Gasteiger partial charge in [0.15, 0.2) is 0 Å². The number of benzene rings is 1. The molecule has 0 saturated carbocycles. The summed E-state index contributed by atoms with van der Waals surface area (Å²) in [4.78, 5) is 11.6. The molecule has 5 heteroatoms. The quantitative estimate of drug-likeness (QED) is 0.647. The first kappa shape index (κ1) is 14.3. The lowest BCUT2D eigenvalue weighted by molar-refractivity contribution is 0.0949. The second-order valence-electron chi connectivity index (χ2n) is 3.80. The smallest absolute Gasteiger partial charge is 0.254 e. The summed E-state index contributed by atoms with van der Waals surface area (Å²) in [6, 6.07) is 3.98. The number of hydrogen-bond donors (Lipinski definition) is 1. The summed E-state index contributed by atoms with van der Waals surface area (Å²) in [6.45, 7) is 2.38. The molecule has 1 rings (SSSR count). The van der Waals surface area contributed by atoms with E-state index in [1.807, 2.05) is 6.92 Å². The van der Waals surface area contributed by atoms with E-state index in [1.54, 1.807) is 0 Å². The number of hydrogen-bond acceptors (Lipinski definition) is 1. The fourth-order valence-electron chi connectivity index (χ4n) is 1.35. The largest absolute Gasteiger partial charge is 0.352 e. The molecule has 0 radical (unpaired) electrons. The molecule has 94 valence electrons. The van der Waals surface area contributed by atoms with Crippen LogP contribution in [-0.4, -0.2) is 17.8 Å². The standard InChI is InChI=1S/C12H14Cl2FNO/c1-8(13)3-2-6-16-12(17)10-5-4-9(14)7-11(10)15/h4-5,7-8H,2-3,6H2,1H3,(H,16,17). The van der Waals surface area contributed by atoms with Crippen molar-refractivity contribution in [3.8, 4) is 0 Å². The van der Waals surface area contributed by atoms with E-state index in [2.05, 4.69) is 5.32 Å². The van der Waals surface area contributed by atoms with Crippen LogP contribution < -0.4 is 5.32 Å². The average Bonchev–Trinajstić information content (AvgIpc) is 2.23. The van der Waals surface area contributed by atoms with Crippen LogP contribution in [0.3, 0.4) is 0 Å². The zero-order valence-corrected chi connectivity index (χ0v) is 11.0. The molecule has 1 amide bonds. The van der Waals surface area contributed by atoms with Gasteiger partial charge < -0.3 is 5.32 Å². The first-order valence-electron chi connectivity index (χ1n) is 5.38. The highest BCUT2D eigenvalue weighted by atomic mass is 35.5. The van der Waals surface area contributed by atoms with Crippen LogP contribution in [0.2, 0.25) is 5.02 Å². The second kappa shape index (κ2) is 6.82. The Hall–Kier alpha value is -0.800. The molecule has 0 aromatic heterocycles. The Labute approximate surface area is 110 Å². The van der Waals surface area contributed by atoms with Gasteiger partial charge >= 0.3 is 0 Å². The van der Waals surface area contributed by atoms with Gasteiger partial charge in [-0.05, 0) is 38.0 Å². The number of carbonyl (C=O) groups excluding carboxylic acids is 1. The second-order valence-corrected chi connectivity index (χ2v) is 4.98. The molecule has 1 atom stereocenters. The molecule has 0 bridgehead atoms. The molecule has 2 nitrogen and oxygen atoms in total. The minimum Gasteiger partial charge on any atom is -0.352 e. The molecule has 0 aliphatic carbocycles. The van der Waals surface area contributed by atoms with Gasteiger partial charge in [0.25, 0.3) is 5.91 Å². The molecule has 1 aromatic carbocycles. The average molecular weight is 278 g/mol. The van der Waals surface area contributed by atoms with Gasteiger partial charge in [-0.15, -0.1) is 11.6 Å². The predicted molar refractivity (Wildman–Crippen MR) is 68.3 cm³/mol. The van der Waals surface area contributed by atoms with Crippen LogP contribution >= 0.6 is 23.2 Å². The molecule has 1 unspecified atom stereocenters. The van der Waals surface area contributed by atoms with E-state index in [9.17, 15) is 9.18 Å². The van der Waals surface area contributed by atoms with Crippen molar-refractivity contribution in [2.24, 2.45) is 0 Å². The van der Waals surface area contributed by atoms with Crippen molar-refractivity contribution < 1.29 is 9.18 Å². The van der Waals surface area contributed by atoms with Gasteiger partial charge in [0.05, 0.1) is 5.56 Å². The van der Waals surface area contributed by atoms with E-state index < -0.39 is 11.7 Å². The van der Waals surface area contributed by atoms with Gasteiger partial charge in [0.1, 0.15) is 5.82 Å². The maximum atomic E-state index is 13.4. The number of amides is 1. The molecule has 1 N–H and O–H groups in total. The van der Waals surface area contributed by atoms with Gasteiger partial charge in [-0.1, -0.05) is 11.6 Å². The molecular weight excluding hydrogens is 264 g/mol. The molecule has 0 spiro atoms. The van der Waals surface area contributed by atoms with Crippen LogP contribution in [-0.2, 0) is 0 Å². The third-order valence-corrected chi connectivity index (χ3v) is 2.69. The Bertz CT molecular complexity index is 396. The van der Waals surface area contributed by atoms with Gasteiger partial charge in [-0.2, -0.15) is 0 Å². The number of rotatable bonds is 5.